The lowest BCUT2D eigenvalue weighted by Crippen LogP contribution is -1.92. The van der Waals surface area contributed by atoms with E-state index in [0.717, 1.165) is 20.7 Å². The van der Waals surface area contributed by atoms with Crippen molar-refractivity contribution in [2.75, 3.05) is 0 Å². The van der Waals surface area contributed by atoms with Crippen molar-refractivity contribution < 1.29 is 4.79 Å². The number of aromatic nitrogens is 2. The number of allylic oxidation sites excluding steroid dienone is 1. The quantitative estimate of drug-likeness (QED) is 0.392. The van der Waals surface area contributed by atoms with Gasteiger partial charge in [0.05, 0.1) is 11.0 Å². The Bertz CT molecular complexity index is 870. The lowest BCUT2D eigenvalue weighted by molar-refractivity contribution is 0.104. The average molecular weight is 373 g/mol. The molecule has 0 bridgehead atoms. The van der Waals surface area contributed by atoms with Gasteiger partial charge >= 0.3 is 0 Å². The number of aryl methyl sites for hydroxylation is 1. The molecule has 0 saturated heterocycles. The maximum absolute atomic E-state index is 12.1. The van der Waals surface area contributed by atoms with Crippen molar-refractivity contribution in [3.63, 3.8) is 0 Å². The van der Waals surface area contributed by atoms with E-state index >= 15 is 0 Å². The van der Waals surface area contributed by atoms with Crippen LogP contribution in [-0.4, -0.2) is 15.8 Å². The van der Waals surface area contributed by atoms with Crippen LogP contribution >= 0.6 is 27.7 Å². The predicted octanol–water partition coefficient (Wildman–Crippen LogP) is 5.12. The molecule has 5 heteroatoms. The fourth-order valence-electron chi connectivity index (χ4n) is 2.05. The first kappa shape index (κ1) is 15.1. The molecule has 110 valence electrons. The van der Waals surface area contributed by atoms with Crippen molar-refractivity contribution in [3.8, 4) is 0 Å². The summed E-state index contributed by atoms with van der Waals surface area (Å²) in [4.78, 5) is 19.8. The Kier molecular flexibility index (Phi) is 4.45. The molecule has 0 atom stereocenters. The van der Waals surface area contributed by atoms with Gasteiger partial charge in [-0.15, -0.1) is 0 Å². The molecule has 3 aromatic rings. The van der Waals surface area contributed by atoms with Gasteiger partial charge in [0.15, 0.2) is 10.9 Å². The second-order valence-corrected chi connectivity index (χ2v) is 6.67. The van der Waals surface area contributed by atoms with E-state index in [4.69, 9.17) is 0 Å². The monoisotopic (exact) mass is 372 g/mol. The van der Waals surface area contributed by atoms with Gasteiger partial charge in [0.1, 0.15) is 0 Å². The molecule has 3 rings (SSSR count). The smallest absolute Gasteiger partial charge is 0.186 e. The minimum atomic E-state index is -0.0271. The number of ketones is 1. The number of carbonyl (C=O) groups is 1. The Hall–Kier alpha value is -1.85. The molecule has 0 unspecified atom stereocenters. The number of nitrogens with one attached hydrogen (secondary N) is 1. The molecule has 22 heavy (non-hydrogen) atoms. The minimum Gasteiger partial charge on any atom is -0.333 e. The fourth-order valence-corrected chi connectivity index (χ4v) is 3.09. The summed E-state index contributed by atoms with van der Waals surface area (Å²) in [6.07, 6.45) is 1.56. The standard InChI is InChI=1S/C17H13BrN2OS/c1-11-5-6-14-15(9-11)20-17(19-14)22-8-7-16(21)12-3-2-4-13(18)10-12/h2-10H,1H3,(H,19,20). The highest BCUT2D eigenvalue weighted by Crippen LogP contribution is 2.21. The molecule has 0 amide bonds. The van der Waals surface area contributed by atoms with E-state index in [-0.39, 0.29) is 5.78 Å². The van der Waals surface area contributed by atoms with E-state index in [1.54, 1.807) is 23.6 Å². The number of imidazole rings is 1. The number of rotatable bonds is 4. The van der Waals surface area contributed by atoms with Gasteiger partial charge in [0.25, 0.3) is 0 Å². The van der Waals surface area contributed by atoms with E-state index in [1.165, 1.54) is 17.3 Å². The second-order valence-electron chi connectivity index (χ2n) is 4.86. The van der Waals surface area contributed by atoms with E-state index in [0.29, 0.717) is 5.56 Å². The predicted molar refractivity (Wildman–Crippen MR) is 94.3 cm³/mol. The van der Waals surface area contributed by atoms with Crippen molar-refractivity contribution in [2.45, 2.75) is 12.1 Å². The number of H-pyrrole nitrogens is 1. The number of nitrogens with zero attached hydrogens (tertiary/aromatic N) is 1. The van der Waals surface area contributed by atoms with Crippen LogP contribution in [0.5, 0.6) is 0 Å². The molecule has 0 radical (unpaired) electrons. The van der Waals surface area contributed by atoms with Crippen LogP contribution in [0.3, 0.4) is 0 Å². The van der Waals surface area contributed by atoms with Crippen molar-refractivity contribution in [1.82, 2.24) is 9.97 Å². The summed E-state index contributed by atoms with van der Waals surface area (Å²) in [5, 5.41) is 2.53. The van der Waals surface area contributed by atoms with E-state index in [1.807, 2.05) is 31.2 Å². The molecule has 0 aliphatic heterocycles. The molecule has 0 spiro atoms. The van der Waals surface area contributed by atoms with Crippen LogP contribution in [0.25, 0.3) is 11.0 Å². The number of thioether (sulfide) groups is 1. The van der Waals surface area contributed by atoms with Gasteiger partial charge in [-0.3, -0.25) is 4.79 Å². The van der Waals surface area contributed by atoms with Crippen molar-refractivity contribution in [1.29, 1.82) is 0 Å². The maximum Gasteiger partial charge on any atom is 0.186 e. The Balaban J connectivity index is 1.71. The summed E-state index contributed by atoms with van der Waals surface area (Å²) >= 11 is 4.76. The summed E-state index contributed by atoms with van der Waals surface area (Å²) in [6.45, 7) is 2.05. The van der Waals surface area contributed by atoms with Crippen LogP contribution in [-0.2, 0) is 0 Å². The fraction of sp³-hybridized carbons (Fsp3) is 0.0588. The Morgan fingerprint density at radius 1 is 1.27 bits per heavy atom. The Labute approximate surface area is 141 Å². The van der Waals surface area contributed by atoms with Gasteiger partial charge in [0.2, 0.25) is 0 Å². The van der Waals surface area contributed by atoms with Crippen LogP contribution in [0, 0.1) is 6.92 Å². The van der Waals surface area contributed by atoms with Gasteiger partial charge in [-0.2, -0.15) is 0 Å². The number of fused-ring (bicyclic) bond motifs is 1. The van der Waals surface area contributed by atoms with Crippen LogP contribution in [0.1, 0.15) is 15.9 Å². The maximum atomic E-state index is 12.1. The molecule has 2 aromatic carbocycles. The highest BCUT2D eigenvalue weighted by atomic mass is 79.9. The highest BCUT2D eigenvalue weighted by Gasteiger charge is 2.04. The van der Waals surface area contributed by atoms with Crippen LogP contribution in [0.4, 0.5) is 0 Å². The number of aromatic amines is 1. The number of benzene rings is 2. The summed E-state index contributed by atoms with van der Waals surface area (Å²) in [7, 11) is 0. The zero-order valence-corrected chi connectivity index (χ0v) is 14.2. The largest absolute Gasteiger partial charge is 0.333 e. The normalized spacial score (nSPS) is 11.4. The van der Waals surface area contributed by atoms with Crippen LogP contribution in [0.15, 0.2) is 63.6 Å². The molecule has 0 fully saturated rings. The van der Waals surface area contributed by atoms with Crippen molar-refractivity contribution >= 4 is 44.5 Å². The summed E-state index contributed by atoms with van der Waals surface area (Å²) in [5.41, 5.74) is 3.79. The Morgan fingerprint density at radius 2 is 2.14 bits per heavy atom. The highest BCUT2D eigenvalue weighted by molar-refractivity contribution is 9.10. The third kappa shape index (κ3) is 3.48. The van der Waals surface area contributed by atoms with Crippen LogP contribution in [0.2, 0.25) is 0 Å². The molecule has 0 saturated carbocycles. The molecular weight excluding hydrogens is 360 g/mol. The summed E-state index contributed by atoms with van der Waals surface area (Å²) in [5.74, 6) is -0.0271. The molecule has 3 nitrogen and oxygen atoms in total. The van der Waals surface area contributed by atoms with Crippen molar-refractivity contribution in [3.05, 3.63) is 69.5 Å². The minimum absolute atomic E-state index is 0.0271. The van der Waals surface area contributed by atoms with E-state index in [2.05, 4.69) is 32.0 Å². The number of hydrogen-bond acceptors (Lipinski definition) is 3. The SMILES string of the molecule is Cc1ccc2nc(SC=CC(=O)c3cccc(Br)c3)[nH]c2c1. The van der Waals surface area contributed by atoms with Gasteiger partial charge < -0.3 is 4.98 Å². The zero-order valence-electron chi connectivity index (χ0n) is 11.8. The van der Waals surface area contributed by atoms with Crippen molar-refractivity contribution in [2.24, 2.45) is 0 Å². The molecule has 1 heterocycles. The first-order valence-corrected chi connectivity index (χ1v) is 8.38. The third-order valence-corrected chi connectivity index (χ3v) is 4.31. The van der Waals surface area contributed by atoms with Gasteiger partial charge in [-0.25, -0.2) is 4.98 Å². The molecule has 0 aliphatic rings. The number of halogens is 1. The lowest BCUT2D eigenvalue weighted by atomic mass is 10.1. The topological polar surface area (TPSA) is 45.8 Å². The zero-order chi connectivity index (χ0) is 15.5. The number of carbonyl (C=O) groups excluding carboxylic acids is 1. The summed E-state index contributed by atoms with van der Waals surface area (Å²) in [6, 6.07) is 13.4. The van der Waals surface area contributed by atoms with E-state index < -0.39 is 0 Å². The molecule has 1 N–H and O–H groups in total. The van der Waals surface area contributed by atoms with Gasteiger partial charge in [0, 0.05) is 10.0 Å². The molecular formula is C17H13BrN2OS. The number of hydrogen-bond donors (Lipinski definition) is 1. The first-order chi connectivity index (χ1) is 10.6. The second kappa shape index (κ2) is 6.50. The molecule has 0 aliphatic carbocycles. The van der Waals surface area contributed by atoms with E-state index in [9.17, 15) is 4.79 Å². The lowest BCUT2D eigenvalue weighted by Gasteiger charge is -1.96. The average Bonchev–Trinajstić information content (AvgIpc) is 2.89. The molecule has 1 aromatic heterocycles. The first-order valence-electron chi connectivity index (χ1n) is 6.71. The van der Waals surface area contributed by atoms with Gasteiger partial charge in [-0.1, -0.05) is 45.9 Å². The van der Waals surface area contributed by atoms with Gasteiger partial charge in [-0.05, 0) is 48.2 Å². The summed E-state index contributed by atoms with van der Waals surface area (Å²) < 4.78 is 0.895. The van der Waals surface area contributed by atoms with Crippen LogP contribution < -0.4 is 0 Å². The third-order valence-electron chi connectivity index (χ3n) is 3.12. The Morgan fingerprint density at radius 3 is 2.95 bits per heavy atom.